The highest BCUT2D eigenvalue weighted by Gasteiger charge is 2.42. The Labute approximate surface area is 128 Å². The van der Waals surface area contributed by atoms with Gasteiger partial charge in [-0.2, -0.15) is 0 Å². The predicted molar refractivity (Wildman–Crippen MR) is 83.8 cm³/mol. The van der Waals surface area contributed by atoms with Gasteiger partial charge in [-0.25, -0.2) is 9.59 Å². The molecule has 0 aromatic heterocycles. The molecule has 0 bridgehead atoms. The molecule has 0 fully saturated rings. The first-order valence-electron chi connectivity index (χ1n) is 7.68. The predicted octanol–water partition coefficient (Wildman–Crippen LogP) is 3.95. The van der Waals surface area contributed by atoms with E-state index < -0.39 is 23.6 Å². The summed E-state index contributed by atoms with van der Waals surface area (Å²) in [5.41, 5.74) is -0.788. The van der Waals surface area contributed by atoms with Gasteiger partial charge in [-0.3, -0.25) is 0 Å². The molecule has 4 heteroatoms. The smallest absolute Gasteiger partial charge is 0.330 e. The van der Waals surface area contributed by atoms with Crippen molar-refractivity contribution in [2.45, 2.75) is 71.0 Å². The molecular formula is C17H28O4. The van der Waals surface area contributed by atoms with Crippen LogP contribution in [0.2, 0.25) is 0 Å². The minimum Gasteiger partial charge on any atom is -0.455 e. The highest BCUT2D eigenvalue weighted by atomic mass is 16.6. The molecule has 1 atom stereocenters. The maximum atomic E-state index is 11.7. The second-order valence-corrected chi connectivity index (χ2v) is 5.11. The van der Waals surface area contributed by atoms with E-state index in [2.05, 4.69) is 13.2 Å². The molecule has 4 nitrogen and oxygen atoms in total. The molecule has 0 saturated heterocycles. The van der Waals surface area contributed by atoms with E-state index in [4.69, 9.17) is 9.47 Å². The number of carbonyl (C=O) groups excluding carboxylic acids is 2. The van der Waals surface area contributed by atoms with Crippen LogP contribution in [0.4, 0.5) is 0 Å². The van der Waals surface area contributed by atoms with Gasteiger partial charge in [0, 0.05) is 12.2 Å². The lowest BCUT2D eigenvalue weighted by Crippen LogP contribution is -2.48. The number of rotatable bonds is 11. The standard InChI is InChI=1S/C17H28O4/c1-6-11-14(20-15(18)9-4)17(12-7-2,13-8-3)21-16(19)10-5/h9-10,14H,4-8,11-13H2,1-3H3. The summed E-state index contributed by atoms with van der Waals surface area (Å²) >= 11 is 0. The number of hydrogen-bond acceptors (Lipinski definition) is 4. The van der Waals surface area contributed by atoms with E-state index in [1.807, 2.05) is 20.8 Å². The van der Waals surface area contributed by atoms with Crippen LogP contribution in [0.25, 0.3) is 0 Å². The average Bonchev–Trinajstić information content (AvgIpc) is 2.46. The van der Waals surface area contributed by atoms with Crippen LogP contribution < -0.4 is 0 Å². The minimum absolute atomic E-state index is 0.461. The van der Waals surface area contributed by atoms with Crippen LogP contribution in [0.15, 0.2) is 25.3 Å². The second-order valence-electron chi connectivity index (χ2n) is 5.11. The van der Waals surface area contributed by atoms with Gasteiger partial charge in [0.15, 0.2) is 0 Å². The largest absolute Gasteiger partial charge is 0.455 e. The van der Waals surface area contributed by atoms with Gasteiger partial charge in [0.25, 0.3) is 0 Å². The Kier molecular flexibility index (Phi) is 9.42. The summed E-state index contributed by atoms with van der Waals surface area (Å²) in [5, 5.41) is 0. The third-order valence-corrected chi connectivity index (χ3v) is 3.38. The minimum atomic E-state index is -0.788. The average molecular weight is 296 g/mol. The van der Waals surface area contributed by atoms with Crippen LogP contribution in [-0.2, 0) is 19.1 Å². The fourth-order valence-electron chi connectivity index (χ4n) is 2.58. The highest BCUT2D eigenvalue weighted by Crippen LogP contribution is 2.33. The van der Waals surface area contributed by atoms with Crippen LogP contribution in [0, 0.1) is 0 Å². The summed E-state index contributed by atoms with van der Waals surface area (Å²) in [6.07, 6.45) is 6.26. The molecule has 0 radical (unpaired) electrons. The highest BCUT2D eigenvalue weighted by molar-refractivity contribution is 5.82. The van der Waals surface area contributed by atoms with Crippen LogP contribution in [-0.4, -0.2) is 23.6 Å². The van der Waals surface area contributed by atoms with E-state index in [0.717, 1.165) is 31.4 Å². The molecule has 0 aromatic carbocycles. The van der Waals surface area contributed by atoms with Gasteiger partial charge in [-0.1, -0.05) is 53.2 Å². The van der Waals surface area contributed by atoms with Crippen molar-refractivity contribution in [3.8, 4) is 0 Å². The molecule has 0 spiro atoms. The summed E-state index contributed by atoms with van der Waals surface area (Å²) in [6.45, 7) is 12.9. The van der Waals surface area contributed by atoms with Gasteiger partial charge in [-0.15, -0.1) is 0 Å². The van der Waals surface area contributed by atoms with E-state index in [-0.39, 0.29) is 0 Å². The van der Waals surface area contributed by atoms with Crippen molar-refractivity contribution in [2.24, 2.45) is 0 Å². The first-order chi connectivity index (χ1) is 9.99. The molecule has 1 unspecified atom stereocenters. The second kappa shape index (κ2) is 10.2. The van der Waals surface area contributed by atoms with Crippen LogP contribution in [0.5, 0.6) is 0 Å². The molecule has 0 amide bonds. The van der Waals surface area contributed by atoms with Crippen molar-refractivity contribution >= 4 is 11.9 Å². The molecule has 0 aliphatic rings. The van der Waals surface area contributed by atoms with Crippen LogP contribution in [0.1, 0.15) is 59.3 Å². The Balaban J connectivity index is 5.49. The van der Waals surface area contributed by atoms with E-state index in [9.17, 15) is 9.59 Å². The lowest BCUT2D eigenvalue weighted by molar-refractivity contribution is -0.184. The van der Waals surface area contributed by atoms with Gasteiger partial charge in [0.1, 0.15) is 11.7 Å². The lowest BCUT2D eigenvalue weighted by Gasteiger charge is -2.39. The number of esters is 2. The molecule has 0 heterocycles. The molecule has 0 rings (SSSR count). The van der Waals surface area contributed by atoms with Crippen LogP contribution >= 0.6 is 0 Å². The first kappa shape index (κ1) is 19.4. The Morgan fingerprint density at radius 3 is 1.90 bits per heavy atom. The summed E-state index contributed by atoms with van der Waals surface area (Å²) < 4.78 is 11.1. The fourth-order valence-corrected chi connectivity index (χ4v) is 2.58. The molecule has 0 aromatic rings. The first-order valence-corrected chi connectivity index (χ1v) is 7.68. The summed E-state index contributed by atoms with van der Waals surface area (Å²) in [7, 11) is 0. The maximum Gasteiger partial charge on any atom is 0.330 e. The molecule has 120 valence electrons. The Hall–Kier alpha value is -1.58. The van der Waals surface area contributed by atoms with Crippen molar-refractivity contribution in [3.05, 3.63) is 25.3 Å². The third kappa shape index (κ3) is 6.15. The number of hydrogen-bond donors (Lipinski definition) is 0. The van der Waals surface area contributed by atoms with Crippen molar-refractivity contribution < 1.29 is 19.1 Å². The summed E-state index contributed by atoms with van der Waals surface area (Å²) in [5.74, 6) is -0.965. The van der Waals surface area contributed by atoms with E-state index in [1.165, 1.54) is 0 Å². The summed E-state index contributed by atoms with van der Waals surface area (Å²) in [4.78, 5) is 23.3. The van der Waals surface area contributed by atoms with Crippen molar-refractivity contribution in [1.82, 2.24) is 0 Å². The van der Waals surface area contributed by atoms with Gasteiger partial charge >= 0.3 is 11.9 Å². The van der Waals surface area contributed by atoms with Gasteiger partial charge < -0.3 is 9.47 Å². The quantitative estimate of drug-likeness (QED) is 0.428. The number of carbonyl (C=O) groups is 2. The summed E-state index contributed by atoms with van der Waals surface area (Å²) in [6, 6.07) is 0. The van der Waals surface area contributed by atoms with E-state index >= 15 is 0 Å². The SMILES string of the molecule is C=CC(=O)OC(CCC)C(CCC)(CCC)OC(=O)C=C. The van der Waals surface area contributed by atoms with E-state index in [1.54, 1.807) is 0 Å². The topological polar surface area (TPSA) is 52.6 Å². The van der Waals surface area contributed by atoms with Gasteiger partial charge in [0.05, 0.1) is 0 Å². The molecule has 0 aliphatic carbocycles. The third-order valence-electron chi connectivity index (χ3n) is 3.38. The van der Waals surface area contributed by atoms with Crippen LogP contribution in [0.3, 0.4) is 0 Å². The maximum absolute atomic E-state index is 11.7. The van der Waals surface area contributed by atoms with E-state index in [0.29, 0.717) is 19.3 Å². The zero-order valence-electron chi connectivity index (χ0n) is 13.5. The zero-order chi connectivity index (χ0) is 16.3. The van der Waals surface area contributed by atoms with Crippen molar-refractivity contribution in [2.75, 3.05) is 0 Å². The van der Waals surface area contributed by atoms with Gasteiger partial charge in [-0.05, 0) is 19.3 Å². The Morgan fingerprint density at radius 2 is 1.52 bits per heavy atom. The molecule has 0 aliphatic heterocycles. The van der Waals surface area contributed by atoms with Crippen molar-refractivity contribution in [1.29, 1.82) is 0 Å². The van der Waals surface area contributed by atoms with Crippen molar-refractivity contribution in [3.63, 3.8) is 0 Å². The Bertz CT molecular complexity index is 354. The zero-order valence-corrected chi connectivity index (χ0v) is 13.5. The molecular weight excluding hydrogens is 268 g/mol. The monoisotopic (exact) mass is 296 g/mol. The fraction of sp³-hybridized carbons (Fsp3) is 0.647. The van der Waals surface area contributed by atoms with Gasteiger partial charge in [0.2, 0.25) is 0 Å². The number of ether oxygens (including phenoxy) is 2. The lowest BCUT2D eigenvalue weighted by atomic mass is 9.84. The molecule has 0 saturated carbocycles. The Morgan fingerprint density at radius 1 is 1.00 bits per heavy atom. The normalized spacial score (nSPS) is 12.3. The molecule has 0 N–H and O–H groups in total. The molecule has 21 heavy (non-hydrogen) atoms.